The summed E-state index contributed by atoms with van der Waals surface area (Å²) in [5.74, 6) is 0.553. The van der Waals surface area contributed by atoms with Gasteiger partial charge in [-0.3, -0.25) is 0 Å². The molecule has 0 fully saturated rings. The molecule has 3 nitrogen and oxygen atoms in total. The Kier molecular flexibility index (Phi) is 5.19. The zero-order valence-electron chi connectivity index (χ0n) is 8.17. The van der Waals surface area contributed by atoms with E-state index in [0.29, 0.717) is 35.4 Å². The van der Waals surface area contributed by atoms with Crippen LogP contribution in [0.5, 0.6) is 5.75 Å². The molecular weight excluding hydrogens is 237 g/mol. The van der Waals surface area contributed by atoms with Gasteiger partial charge in [-0.1, -0.05) is 23.2 Å². The predicted octanol–water partition coefficient (Wildman–Crippen LogP) is 2.21. The highest BCUT2D eigenvalue weighted by Crippen LogP contribution is 2.32. The molecule has 5 heteroatoms. The van der Waals surface area contributed by atoms with Crippen LogP contribution >= 0.6 is 23.2 Å². The summed E-state index contributed by atoms with van der Waals surface area (Å²) >= 11 is 11.8. The molecule has 0 heterocycles. The third kappa shape index (κ3) is 3.54. The van der Waals surface area contributed by atoms with Crippen molar-refractivity contribution < 1.29 is 9.84 Å². The smallest absolute Gasteiger partial charge is 0.142 e. The van der Waals surface area contributed by atoms with E-state index < -0.39 is 0 Å². The molecule has 0 atom stereocenters. The van der Waals surface area contributed by atoms with Gasteiger partial charge in [0.15, 0.2) is 0 Å². The van der Waals surface area contributed by atoms with Gasteiger partial charge in [0, 0.05) is 30.2 Å². The zero-order valence-corrected chi connectivity index (χ0v) is 9.68. The van der Waals surface area contributed by atoms with Crippen LogP contribution in [0.25, 0.3) is 0 Å². The van der Waals surface area contributed by atoms with Gasteiger partial charge in [0.25, 0.3) is 0 Å². The fourth-order valence-electron chi connectivity index (χ4n) is 1.17. The van der Waals surface area contributed by atoms with E-state index in [1.54, 1.807) is 12.1 Å². The highest BCUT2D eigenvalue weighted by molar-refractivity contribution is 6.35. The fraction of sp³-hybridized carbons (Fsp3) is 0.400. The summed E-state index contributed by atoms with van der Waals surface area (Å²) in [6.07, 6.45) is 0.558. The van der Waals surface area contributed by atoms with Crippen molar-refractivity contribution in [1.82, 2.24) is 0 Å². The Morgan fingerprint density at radius 1 is 1.33 bits per heavy atom. The van der Waals surface area contributed by atoms with Gasteiger partial charge in [-0.05, 0) is 12.1 Å². The number of ether oxygens (including phenoxy) is 1. The lowest BCUT2D eigenvalue weighted by Gasteiger charge is -2.12. The lowest BCUT2D eigenvalue weighted by Crippen LogP contribution is -2.05. The van der Waals surface area contributed by atoms with E-state index in [2.05, 4.69) is 0 Å². The zero-order chi connectivity index (χ0) is 11.3. The summed E-state index contributed by atoms with van der Waals surface area (Å²) < 4.78 is 5.42. The number of hydrogen-bond acceptors (Lipinski definition) is 3. The Balaban J connectivity index is 2.84. The first-order chi connectivity index (χ1) is 7.19. The summed E-state index contributed by atoms with van der Waals surface area (Å²) in [6, 6.07) is 3.33. The number of hydrogen-bond donors (Lipinski definition) is 2. The number of rotatable bonds is 5. The maximum Gasteiger partial charge on any atom is 0.142 e. The molecule has 0 saturated carbocycles. The standard InChI is InChI=1S/C10H13Cl2NO2/c11-8-4-7(6-13)10(9(12)5-8)15-3-1-2-14/h4-5,14H,1-3,6,13H2. The first kappa shape index (κ1) is 12.6. The summed E-state index contributed by atoms with van der Waals surface area (Å²) in [7, 11) is 0. The van der Waals surface area contributed by atoms with E-state index in [0.717, 1.165) is 5.56 Å². The van der Waals surface area contributed by atoms with Crippen molar-refractivity contribution in [3.63, 3.8) is 0 Å². The number of benzene rings is 1. The van der Waals surface area contributed by atoms with Crippen LogP contribution in [0.4, 0.5) is 0 Å². The maximum absolute atomic E-state index is 8.63. The summed E-state index contributed by atoms with van der Waals surface area (Å²) in [6.45, 7) is 0.808. The lowest BCUT2D eigenvalue weighted by molar-refractivity contribution is 0.232. The van der Waals surface area contributed by atoms with Gasteiger partial charge in [0.05, 0.1) is 11.6 Å². The van der Waals surface area contributed by atoms with Gasteiger partial charge >= 0.3 is 0 Å². The summed E-state index contributed by atoms with van der Waals surface area (Å²) in [5.41, 5.74) is 6.31. The first-order valence-electron chi connectivity index (χ1n) is 4.60. The Morgan fingerprint density at radius 2 is 2.07 bits per heavy atom. The molecule has 15 heavy (non-hydrogen) atoms. The molecule has 0 unspecified atom stereocenters. The van der Waals surface area contributed by atoms with Gasteiger partial charge in [0.1, 0.15) is 5.75 Å². The fourth-order valence-corrected chi connectivity index (χ4v) is 1.76. The van der Waals surface area contributed by atoms with E-state index in [1.807, 2.05) is 0 Å². The van der Waals surface area contributed by atoms with Crippen molar-refractivity contribution >= 4 is 23.2 Å². The molecule has 0 spiro atoms. The minimum absolute atomic E-state index is 0.0865. The Bertz CT molecular complexity index is 331. The second kappa shape index (κ2) is 6.18. The van der Waals surface area contributed by atoms with E-state index in [-0.39, 0.29) is 6.61 Å². The quantitative estimate of drug-likeness (QED) is 0.788. The molecule has 0 aliphatic heterocycles. The predicted molar refractivity (Wildman–Crippen MR) is 61.6 cm³/mol. The van der Waals surface area contributed by atoms with E-state index in [9.17, 15) is 0 Å². The van der Waals surface area contributed by atoms with Crippen LogP contribution in [-0.4, -0.2) is 18.3 Å². The number of halogens is 2. The molecule has 1 aromatic rings. The molecule has 1 aromatic carbocycles. The van der Waals surface area contributed by atoms with Crippen molar-refractivity contribution in [3.05, 3.63) is 27.7 Å². The molecule has 0 aliphatic carbocycles. The van der Waals surface area contributed by atoms with Gasteiger partial charge in [0.2, 0.25) is 0 Å². The van der Waals surface area contributed by atoms with Crippen molar-refractivity contribution in [2.75, 3.05) is 13.2 Å². The molecule has 1 rings (SSSR count). The second-order valence-corrected chi connectivity index (χ2v) is 3.85. The molecule has 0 saturated heterocycles. The summed E-state index contributed by atoms with van der Waals surface area (Å²) in [5, 5.41) is 9.61. The van der Waals surface area contributed by atoms with Crippen molar-refractivity contribution in [2.24, 2.45) is 5.73 Å². The SMILES string of the molecule is NCc1cc(Cl)cc(Cl)c1OCCCO. The van der Waals surface area contributed by atoms with Crippen LogP contribution < -0.4 is 10.5 Å². The lowest BCUT2D eigenvalue weighted by atomic mass is 10.2. The van der Waals surface area contributed by atoms with Crippen LogP contribution in [0.1, 0.15) is 12.0 Å². The van der Waals surface area contributed by atoms with Crippen LogP contribution in [-0.2, 0) is 6.54 Å². The van der Waals surface area contributed by atoms with Crippen molar-refractivity contribution in [2.45, 2.75) is 13.0 Å². The Hall–Kier alpha value is -0.480. The average molecular weight is 250 g/mol. The minimum Gasteiger partial charge on any atom is -0.492 e. The largest absolute Gasteiger partial charge is 0.492 e. The number of aliphatic hydroxyl groups excluding tert-OH is 1. The van der Waals surface area contributed by atoms with E-state index >= 15 is 0 Å². The first-order valence-corrected chi connectivity index (χ1v) is 5.36. The van der Waals surface area contributed by atoms with Crippen molar-refractivity contribution in [3.8, 4) is 5.75 Å². The van der Waals surface area contributed by atoms with Gasteiger partial charge < -0.3 is 15.6 Å². The van der Waals surface area contributed by atoms with Crippen LogP contribution in [0.3, 0.4) is 0 Å². The number of nitrogens with two attached hydrogens (primary N) is 1. The van der Waals surface area contributed by atoms with E-state index in [4.69, 9.17) is 38.8 Å². The van der Waals surface area contributed by atoms with Crippen molar-refractivity contribution in [1.29, 1.82) is 0 Å². The van der Waals surface area contributed by atoms with Crippen LogP contribution in [0, 0.1) is 0 Å². The third-order valence-electron chi connectivity index (χ3n) is 1.85. The number of aliphatic hydroxyl groups is 1. The minimum atomic E-state index is 0.0865. The highest BCUT2D eigenvalue weighted by Gasteiger charge is 2.09. The maximum atomic E-state index is 8.63. The molecular formula is C10H13Cl2NO2. The molecule has 0 aliphatic rings. The Labute approximate surface area is 98.7 Å². The molecule has 0 radical (unpaired) electrons. The topological polar surface area (TPSA) is 55.5 Å². The average Bonchev–Trinajstić information content (AvgIpc) is 2.20. The monoisotopic (exact) mass is 249 g/mol. The molecule has 0 amide bonds. The van der Waals surface area contributed by atoms with Crippen LogP contribution in [0.15, 0.2) is 12.1 Å². The normalized spacial score (nSPS) is 10.4. The van der Waals surface area contributed by atoms with Gasteiger partial charge in [-0.2, -0.15) is 0 Å². The molecule has 0 bridgehead atoms. The van der Waals surface area contributed by atoms with E-state index in [1.165, 1.54) is 0 Å². The van der Waals surface area contributed by atoms with Gasteiger partial charge in [-0.15, -0.1) is 0 Å². The highest BCUT2D eigenvalue weighted by atomic mass is 35.5. The second-order valence-electron chi connectivity index (χ2n) is 3.01. The van der Waals surface area contributed by atoms with Crippen LogP contribution in [0.2, 0.25) is 10.0 Å². The molecule has 3 N–H and O–H groups in total. The Morgan fingerprint density at radius 3 is 2.67 bits per heavy atom. The third-order valence-corrected chi connectivity index (χ3v) is 2.35. The molecule has 0 aromatic heterocycles. The molecule has 84 valence electrons. The van der Waals surface area contributed by atoms with Gasteiger partial charge in [-0.25, -0.2) is 0 Å². The summed E-state index contributed by atoms with van der Waals surface area (Å²) in [4.78, 5) is 0.